The maximum Gasteiger partial charge on any atom is 0.271 e. The molecule has 2 heterocycles. The van der Waals surface area contributed by atoms with Gasteiger partial charge in [-0.05, 0) is 12.1 Å². The molecule has 98 valence electrons. The molecule has 0 atom stereocenters. The SMILES string of the molecule is CC1(CNC(=O)c2cnc3ccccc3n2)COC1. The van der Waals surface area contributed by atoms with Gasteiger partial charge in [0.2, 0.25) is 0 Å². The van der Waals surface area contributed by atoms with Gasteiger partial charge in [-0.25, -0.2) is 4.98 Å². The molecule has 0 bridgehead atoms. The van der Waals surface area contributed by atoms with Gasteiger partial charge in [-0.1, -0.05) is 19.1 Å². The van der Waals surface area contributed by atoms with Crippen molar-refractivity contribution < 1.29 is 9.53 Å². The molecule has 1 aliphatic heterocycles. The van der Waals surface area contributed by atoms with Gasteiger partial charge in [0.05, 0.1) is 30.4 Å². The van der Waals surface area contributed by atoms with E-state index in [0.29, 0.717) is 25.5 Å². The van der Waals surface area contributed by atoms with E-state index >= 15 is 0 Å². The Bertz CT molecular complexity index is 623. The number of amides is 1. The Hall–Kier alpha value is -2.01. The van der Waals surface area contributed by atoms with E-state index in [9.17, 15) is 4.79 Å². The number of hydrogen-bond donors (Lipinski definition) is 1. The van der Waals surface area contributed by atoms with Crippen molar-refractivity contribution >= 4 is 16.9 Å². The van der Waals surface area contributed by atoms with Crippen LogP contribution >= 0.6 is 0 Å². The van der Waals surface area contributed by atoms with Crippen LogP contribution in [0.4, 0.5) is 0 Å². The smallest absolute Gasteiger partial charge is 0.271 e. The van der Waals surface area contributed by atoms with Crippen LogP contribution in [0.2, 0.25) is 0 Å². The Labute approximate surface area is 111 Å². The molecule has 3 rings (SSSR count). The molecule has 1 saturated heterocycles. The third kappa shape index (κ3) is 2.42. The van der Waals surface area contributed by atoms with E-state index in [1.165, 1.54) is 6.20 Å². The summed E-state index contributed by atoms with van der Waals surface area (Å²) in [4.78, 5) is 20.6. The minimum Gasteiger partial charge on any atom is -0.380 e. The first-order valence-corrected chi connectivity index (χ1v) is 6.24. The second-order valence-corrected chi connectivity index (χ2v) is 5.23. The predicted octanol–water partition coefficient (Wildman–Crippen LogP) is 1.40. The Morgan fingerprint density at radius 1 is 1.37 bits per heavy atom. The fourth-order valence-electron chi connectivity index (χ4n) is 2.00. The molecule has 5 heteroatoms. The number of para-hydroxylation sites is 2. The van der Waals surface area contributed by atoms with E-state index in [1.807, 2.05) is 24.3 Å². The lowest BCUT2D eigenvalue weighted by Gasteiger charge is -2.37. The van der Waals surface area contributed by atoms with Gasteiger partial charge in [0.25, 0.3) is 5.91 Å². The number of nitrogens with one attached hydrogen (secondary N) is 1. The summed E-state index contributed by atoms with van der Waals surface area (Å²) in [6.07, 6.45) is 1.51. The van der Waals surface area contributed by atoms with Crippen LogP contribution in [0.1, 0.15) is 17.4 Å². The second kappa shape index (κ2) is 4.59. The molecule has 19 heavy (non-hydrogen) atoms. The van der Waals surface area contributed by atoms with Crippen molar-refractivity contribution in [1.29, 1.82) is 0 Å². The van der Waals surface area contributed by atoms with E-state index < -0.39 is 0 Å². The highest BCUT2D eigenvalue weighted by Crippen LogP contribution is 2.25. The second-order valence-electron chi connectivity index (χ2n) is 5.23. The zero-order chi connectivity index (χ0) is 13.3. The summed E-state index contributed by atoms with van der Waals surface area (Å²) in [5.41, 5.74) is 1.93. The predicted molar refractivity (Wildman–Crippen MR) is 70.8 cm³/mol. The van der Waals surface area contributed by atoms with Gasteiger partial charge in [-0.15, -0.1) is 0 Å². The van der Waals surface area contributed by atoms with Crippen molar-refractivity contribution in [2.75, 3.05) is 19.8 Å². The lowest BCUT2D eigenvalue weighted by molar-refractivity contribution is -0.0978. The molecule has 2 aromatic rings. The van der Waals surface area contributed by atoms with Crippen LogP contribution < -0.4 is 5.32 Å². The van der Waals surface area contributed by atoms with Gasteiger partial charge in [0.1, 0.15) is 5.69 Å². The molecule has 0 aliphatic carbocycles. The number of ether oxygens (including phenoxy) is 1. The Balaban J connectivity index is 1.74. The summed E-state index contributed by atoms with van der Waals surface area (Å²) in [5, 5.41) is 2.88. The highest BCUT2D eigenvalue weighted by Gasteiger charge is 2.33. The molecule has 1 amide bonds. The molecular formula is C14H15N3O2. The first-order valence-electron chi connectivity index (χ1n) is 6.24. The molecule has 1 aromatic heterocycles. The van der Waals surface area contributed by atoms with Crippen molar-refractivity contribution in [1.82, 2.24) is 15.3 Å². The van der Waals surface area contributed by atoms with E-state index in [4.69, 9.17) is 4.74 Å². The third-order valence-electron chi connectivity index (χ3n) is 3.26. The minimum absolute atomic E-state index is 0.0555. The number of aromatic nitrogens is 2. The summed E-state index contributed by atoms with van der Waals surface area (Å²) in [6.45, 7) is 4.07. The lowest BCUT2D eigenvalue weighted by Crippen LogP contribution is -2.48. The average Bonchev–Trinajstić information content (AvgIpc) is 2.42. The maximum absolute atomic E-state index is 12.0. The van der Waals surface area contributed by atoms with Gasteiger partial charge < -0.3 is 10.1 Å². The largest absolute Gasteiger partial charge is 0.380 e. The van der Waals surface area contributed by atoms with Crippen molar-refractivity contribution in [3.05, 3.63) is 36.2 Å². The van der Waals surface area contributed by atoms with Crippen LogP contribution in [0.3, 0.4) is 0 Å². The highest BCUT2D eigenvalue weighted by atomic mass is 16.5. The van der Waals surface area contributed by atoms with Gasteiger partial charge in [-0.3, -0.25) is 9.78 Å². The number of carbonyl (C=O) groups is 1. The van der Waals surface area contributed by atoms with Crippen LogP contribution in [0.15, 0.2) is 30.5 Å². The number of hydrogen-bond acceptors (Lipinski definition) is 4. The van der Waals surface area contributed by atoms with E-state index in [-0.39, 0.29) is 11.3 Å². The number of carbonyl (C=O) groups excluding carboxylic acids is 1. The first kappa shape index (κ1) is 12.0. The Morgan fingerprint density at radius 2 is 2.11 bits per heavy atom. The van der Waals surface area contributed by atoms with Crippen molar-refractivity contribution in [3.8, 4) is 0 Å². The average molecular weight is 257 g/mol. The first-order chi connectivity index (χ1) is 9.16. The maximum atomic E-state index is 12.0. The van der Waals surface area contributed by atoms with Crippen molar-refractivity contribution in [2.45, 2.75) is 6.92 Å². The molecule has 1 aromatic carbocycles. The van der Waals surface area contributed by atoms with Crippen LogP contribution in [0, 0.1) is 5.41 Å². The molecular weight excluding hydrogens is 242 g/mol. The Morgan fingerprint density at radius 3 is 2.79 bits per heavy atom. The normalized spacial score (nSPS) is 16.9. The summed E-state index contributed by atoms with van der Waals surface area (Å²) in [6, 6.07) is 7.50. The Kier molecular flexibility index (Phi) is 2.91. The third-order valence-corrected chi connectivity index (χ3v) is 3.26. The lowest BCUT2D eigenvalue weighted by atomic mass is 9.89. The fraction of sp³-hybridized carbons (Fsp3) is 0.357. The van der Waals surface area contributed by atoms with E-state index in [0.717, 1.165) is 11.0 Å². The summed E-state index contributed by atoms with van der Waals surface area (Å²) in [5.74, 6) is -0.189. The van der Waals surface area contributed by atoms with E-state index in [2.05, 4.69) is 22.2 Å². The zero-order valence-corrected chi connectivity index (χ0v) is 10.7. The molecule has 1 N–H and O–H groups in total. The molecule has 1 fully saturated rings. The molecule has 0 saturated carbocycles. The van der Waals surface area contributed by atoms with Gasteiger partial charge >= 0.3 is 0 Å². The minimum atomic E-state index is -0.189. The van der Waals surface area contributed by atoms with Gasteiger partial charge in [0.15, 0.2) is 0 Å². The van der Waals surface area contributed by atoms with Gasteiger partial charge in [0, 0.05) is 12.0 Å². The van der Waals surface area contributed by atoms with Crippen LogP contribution in [-0.4, -0.2) is 35.6 Å². The standard InChI is InChI=1S/C14H15N3O2/c1-14(8-19-9-14)7-16-13(18)12-6-15-10-4-2-3-5-11(10)17-12/h2-6H,7-9H2,1H3,(H,16,18). The summed E-state index contributed by atoms with van der Waals surface area (Å²) in [7, 11) is 0. The monoisotopic (exact) mass is 257 g/mol. The molecule has 0 unspecified atom stereocenters. The number of nitrogens with zero attached hydrogens (tertiary/aromatic N) is 2. The van der Waals surface area contributed by atoms with Crippen molar-refractivity contribution in [3.63, 3.8) is 0 Å². The highest BCUT2D eigenvalue weighted by molar-refractivity contribution is 5.93. The summed E-state index contributed by atoms with van der Waals surface area (Å²) >= 11 is 0. The number of benzene rings is 1. The van der Waals surface area contributed by atoms with Crippen LogP contribution in [0.25, 0.3) is 11.0 Å². The topological polar surface area (TPSA) is 64.1 Å². The molecule has 0 spiro atoms. The van der Waals surface area contributed by atoms with Crippen LogP contribution in [-0.2, 0) is 4.74 Å². The number of fused-ring (bicyclic) bond motifs is 1. The summed E-state index contributed by atoms with van der Waals surface area (Å²) < 4.78 is 5.15. The molecule has 0 radical (unpaired) electrons. The van der Waals surface area contributed by atoms with Gasteiger partial charge in [-0.2, -0.15) is 0 Å². The molecule has 5 nitrogen and oxygen atoms in total. The number of rotatable bonds is 3. The zero-order valence-electron chi connectivity index (χ0n) is 10.7. The quantitative estimate of drug-likeness (QED) is 0.902. The van der Waals surface area contributed by atoms with Crippen LogP contribution in [0.5, 0.6) is 0 Å². The fourth-order valence-corrected chi connectivity index (χ4v) is 2.00. The van der Waals surface area contributed by atoms with E-state index in [1.54, 1.807) is 0 Å². The van der Waals surface area contributed by atoms with Crippen molar-refractivity contribution in [2.24, 2.45) is 5.41 Å². The molecule has 1 aliphatic rings.